The first-order chi connectivity index (χ1) is 15.0. The van der Waals surface area contributed by atoms with E-state index in [0.717, 1.165) is 37.9 Å². The van der Waals surface area contributed by atoms with E-state index >= 15 is 0 Å². The first kappa shape index (κ1) is 21.0. The van der Waals surface area contributed by atoms with Crippen LogP contribution in [0, 0.1) is 16.7 Å². The second-order valence-electron chi connectivity index (χ2n) is 9.94. The quantitative estimate of drug-likeness (QED) is 0.513. The average Bonchev–Trinajstić information content (AvgIpc) is 3.14. The van der Waals surface area contributed by atoms with Crippen LogP contribution in [0.1, 0.15) is 61.1 Å². The lowest BCUT2D eigenvalue weighted by molar-refractivity contribution is -0.134. The number of ether oxygens (including phenoxy) is 1. The van der Waals surface area contributed by atoms with Gasteiger partial charge in [0.2, 0.25) is 0 Å². The van der Waals surface area contributed by atoms with E-state index in [1.165, 1.54) is 23.0 Å². The molecule has 2 aromatic carbocycles. The summed E-state index contributed by atoms with van der Waals surface area (Å²) in [6, 6.07) is 14.0. The molecule has 5 heteroatoms. The summed E-state index contributed by atoms with van der Waals surface area (Å²) < 4.78 is 11.4. The molecule has 0 amide bonds. The number of aryl methyl sites for hydroxylation is 1. The minimum atomic E-state index is -0.408. The second kappa shape index (κ2) is 7.60. The van der Waals surface area contributed by atoms with E-state index in [4.69, 9.17) is 9.26 Å². The molecule has 7 atom stereocenters. The van der Waals surface area contributed by atoms with E-state index in [0.29, 0.717) is 5.92 Å². The standard InChI is InChI=1S/C26H31O4P/c1-25-14-21(16-3-5-18(28)6-4-16)24-20-8-7-19(29-2)13-17(20)11-12-26(24,15-27)22(25)9-10-23(25)30-31/h3-8,13,15,21-24,28H,9-12,14,31H2,1-2H3/t21-,22-,23+,24+,25+,26-/m1/s1. The Hall–Kier alpha value is -1.90. The van der Waals surface area contributed by atoms with Gasteiger partial charge in [0.1, 0.15) is 17.8 Å². The first-order valence-electron chi connectivity index (χ1n) is 11.2. The Kier molecular flexibility index (Phi) is 5.14. The van der Waals surface area contributed by atoms with Crippen LogP contribution < -0.4 is 4.74 Å². The summed E-state index contributed by atoms with van der Waals surface area (Å²) in [5.74, 6) is 1.74. The molecule has 1 N–H and O–H groups in total. The van der Waals surface area contributed by atoms with Gasteiger partial charge in [-0.15, -0.1) is 0 Å². The number of hydrogen-bond donors (Lipinski definition) is 1. The third-order valence-corrected chi connectivity index (χ3v) is 9.09. The van der Waals surface area contributed by atoms with Crippen molar-refractivity contribution in [2.75, 3.05) is 7.11 Å². The van der Waals surface area contributed by atoms with Crippen molar-refractivity contribution in [3.8, 4) is 11.5 Å². The zero-order valence-electron chi connectivity index (χ0n) is 18.2. The van der Waals surface area contributed by atoms with Gasteiger partial charge >= 0.3 is 0 Å². The molecule has 0 saturated heterocycles. The molecule has 0 bridgehead atoms. The number of carbonyl (C=O) groups excluding carboxylic acids is 1. The Bertz CT molecular complexity index is 989. The normalized spacial score (nSPS) is 36.2. The minimum Gasteiger partial charge on any atom is -0.508 e. The van der Waals surface area contributed by atoms with Crippen LogP contribution in [0.25, 0.3) is 0 Å². The first-order valence-corrected chi connectivity index (χ1v) is 11.7. The SMILES string of the molecule is COc1ccc2c(c1)CC[C@@]1(C=O)[C@@H]3CC[C@H](OP)[C@@]3(C)C[C@H](c3ccc(O)cc3)[C@H]21. The van der Waals surface area contributed by atoms with Gasteiger partial charge in [0.25, 0.3) is 0 Å². The van der Waals surface area contributed by atoms with Crippen molar-refractivity contribution in [3.05, 3.63) is 59.2 Å². The number of fused-ring (bicyclic) bond motifs is 5. The number of rotatable bonds is 4. The molecule has 5 rings (SSSR count). The lowest BCUT2D eigenvalue weighted by Gasteiger charge is -2.59. The number of aldehydes is 1. The number of aromatic hydroxyl groups is 1. The molecule has 2 fully saturated rings. The predicted octanol–water partition coefficient (Wildman–Crippen LogP) is 5.40. The highest BCUT2D eigenvalue weighted by Crippen LogP contribution is 2.70. The van der Waals surface area contributed by atoms with Crippen LogP contribution in [-0.4, -0.2) is 24.6 Å². The Morgan fingerprint density at radius 1 is 1.16 bits per heavy atom. The molecule has 0 heterocycles. The van der Waals surface area contributed by atoms with Gasteiger partial charge in [0.15, 0.2) is 0 Å². The zero-order chi connectivity index (χ0) is 21.8. The topological polar surface area (TPSA) is 55.8 Å². The molecule has 2 saturated carbocycles. The molecular weight excluding hydrogens is 407 g/mol. The van der Waals surface area contributed by atoms with Gasteiger partial charge in [-0.05, 0) is 90.3 Å². The smallest absolute Gasteiger partial charge is 0.127 e. The Labute approximate surface area is 186 Å². The van der Waals surface area contributed by atoms with E-state index in [9.17, 15) is 9.90 Å². The van der Waals surface area contributed by atoms with Crippen LogP contribution in [-0.2, 0) is 15.7 Å². The maximum atomic E-state index is 13.0. The summed E-state index contributed by atoms with van der Waals surface area (Å²) in [6.07, 6.45) is 6.17. The zero-order valence-corrected chi connectivity index (χ0v) is 19.4. The third kappa shape index (κ3) is 2.98. The lowest BCUT2D eigenvalue weighted by atomic mass is 9.44. The highest BCUT2D eigenvalue weighted by atomic mass is 31.0. The predicted molar refractivity (Wildman–Crippen MR) is 123 cm³/mol. The van der Waals surface area contributed by atoms with Crippen molar-refractivity contribution in [3.63, 3.8) is 0 Å². The molecule has 3 aliphatic rings. The summed E-state index contributed by atoms with van der Waals surface area (Å²) in [7, 11) is 4.17. The fraction of sp³-hybridized carbons (Fsp3) is 0.500. The summed E-state index contributed by atoms with van der Waals surface area (Å²) in [5, 5.41) is 9.89. The fourth-order valence-electron chi connectivity index (χ4n) is 7.43. The van der Waals surface area contributed by atoms with Crippen LogP contribution in [0.3, 0.4) is 0 Å². The van der Waals surface area contributed by atoms with Crippen molar-refractivity contribution in [1.82, 2.24) is 0 Å². The third-order valence-electron chi connectivity index (χ3n) is 8.76. The van der Waals surface area contributed by atoms with E-state index in [-0.39, 0.29) is 29.1 Å². The van der Waals surface area contributed by atoms with Gasteiger partial charge in [-0.25, -0.2) is 0 Å². The highest BCUT2D eigenvalue weighted by Gasteiger charge is 2.65. The van der Waals surface area contributed by atoms with Crippen molar-refractivity contribution in [2.24, 2.45) is 16.7 Å². The summed E-state index contributed by atoms with van der Waals surface area (Å²) >= 11 is 0. The summed E-state index contributed by atoms with van der Waals surface area (Å²) in [4.78, 5) is 13.0. The second-order valence-corrected chi connectivity index (χ2v) is 10.2. The van der Waals surface area contributed by atoms with Gasteiger partial charge < -0.3 is 19.2 Å². The number of phenolic OH excluding ortho intramolecular Hbond substituents is 1. The van der Waals surface area contributed by atoms with Gasteiger partial charge in [0.05, 0.1) is 13.2 Å². The van der Waals surface area contributed by atoms with E-state index < -0.39 is 5.41 Å². The molecule has 31 heavy (non-hydrogen) atoms. The molecule has 2 aromatic rings. The summed E-state index contributed by atoms with van der Waals surface area (Å²) in [5.41, 5.74) is 3.30. The van der Waals surface area contributed by atoms with Crippen molar-refractivity contribution >= 4 is 15.8 Å². The maximum absolute atomic E-state index is 13.0. The van der Waals surface area contributed by atoms with E-state index in [1.54, 1.807) is 19.2 Å². The average molecular weight is 439 g/mol. The minimum absolute atomic E-state index is 0.0638. The van der Waals surface area contributed by atoms with Crippen molar-refractivity contribution in [2.45, 2.75) is 57.0 Å². The monoisotopic (exact) mass is 438 g/mol. The lowest BCUT2D eigenvalue weighted by Crippen LogP contribution is -2.55. The van der Waals surface area contributed by atoms with Crippen LogP contribution in [0.2, 0.25) is 0 Å². The van der Waals surface area contributed by atoms with Gasteiger partial charge in [-0.3, -0.25) is 0 Å². The number of carbonyl (C=O) groups is 1. The van der Waals surface area contributed by atoms with Crippen molar-refractivity contribution in [1.29, 1.82) is 0 Å². The van der Waals surface area contributed by atoms with Gasteiger partial charge in [-0.2, -0.15) is 0 Å². The molecule has 0 spiro atoms. The van der Waals surface area contributed by atoms with Gasteiger partial charge in [-0.1, -0.05) is 25.1 Å². The number of methoxy groups -OCH3 is 1. The van der Waals surface area contributed by atoms with Crippen molar-refractivity contribution < 1.29 is 19.2 Å². The molecule has 1 unspecified atom stereocenters. The summed E-state index contributed by atoms with van der Waals surface area (Å²) in [6.45, 7) is 2.33. The molecular formula is C26H31O4P. The molecule has 3 aliphatic carbocycles. The fourth-order valence-corrected chi connectivity index (χ4v) is 7.87. The van der Waals surface area contributed by atoms with E-state index in [1.807, 2.05) is 18.2 Å². The maximum Gasteiger partial charge on any atom is 0.127 e. The number of benzene rings is 2. The Morgan fingerprint density at radius 3 is 2.61 bits per heavy atom. The van der Waals surface area contributed by atoms with Crippen LogP contribution in [0.4, 0.5) is 0 Å². The molecule has 4 nitrogen and oxygen atoms in total. The Morgan fingerprint density at radius 2 is 1.94 bits per heavy atom. The van der Waals surface area contributed by atoms with E-state index in [2.05, 4.69) is 28.5 Å². The number of hydrogen-bond acceptors (Lipinski definition) is 4. The van der Waals surface area contributed by atoms with Gasteiger partial charge in [0, 0.05) is 20.8 Å². The van der Waals surface area contributed by atoms with Crippen LogP contribution >= 0.6 is 9.47 Å². The molecule has 164 valence electrons. The molecule has 0 aromatic heterocycles. The molecule has 0 aliphatic heterocycles. The van der Waals surface area contributed by atoms with Crippen LogP contribution in [0.15, 0.2) is 42.5 Å². The number of phenols is 1. The largest absolute Gasteiger partial charge is 0.508 e. The molecule has 0 radical (unpaired) electrons. The van der Waals surface area contributed by atoms with Crippen LogP contribution in [0.5, 0.6) is 11.5 Å². The Balaban J connectivity index is 1.71. The highest BCUT2D eigenvalue weighted by molar-refractivity contribution is 7.09.